The van der Waals surface area contributed by atoms with Crippen molar-refractivity contribution in [2.45, 2.75) is 18.9 Å². The average molecular weight is 357 g/mol. The van der Waals surface area contributed by atoms with Gasteiger partial charge < -0.3 is 15.5 Å². The third-order valence-corrected chi connectivity index (χ3v) is 4.72. The first-order chi connectivity index (χ1) is 11.2. The maximum atomic E-state index is 13.1. The zero-order valence-corrected chi connectivity index (χ0v) is 14.7. The van der Waals surface area contributed by atoms with Crippen LogP contribution < -0.4 is 10.6 Å². The fraction of sp³-hybridized carbons (Fsp3) is 0.588. The van der Waals surface area contributed by atoms with Gasteiger partial charge in [0.15, 0.2) is 0 Å². The van der Waals surface area contributed by atoms with E-state index in [1.54, 1.807) is 12.1 Å². The number of anilines is 1. The SMILES string of the molecule is Cl.O=C(CCN1CCN(C2CCNC2)CC1)Nc1cccc(F)c1. The van der Waals surface area contributed by atoms with E-state index in [9.17, 15) is 9.18 Å². The van der Waals surface area contributed by atoms with Gasteiger partial charge in [-0.2, -0.15) is 0 Å². The molecule has 0 radical (unpaired) electrons. The number of nitrogens with zero attached hydrogens (tertiary/aromatic N) is 2. The molecule has 1 atom stereocenters. The fourth-order valence-electron chi connectivity index (χ4n) is 3.35. The molecule has 2 fully saturated rings. The summed E-state index contributed by atoms with van der Waals surface area (Å²) < 4.78 is 13.1. The number of nitrogens with one attached hydrogen (secondary N) is 2. The average Bonchev–Trinajstić information content (AvgIpc) is 3.08. The lowest BCUT2D eigenvalue weighted by Crippen LogP contribution is -2.51. The van der Waals surface area contributed by atoms with Gasteiger partial charge in [-0.05, 0) is 31.2 Å². The second-order valence-corrected chi connectivity index (χ2v) is 6.33. The van der Waals surface area contributed by atoms with Crippen LogP contribution in [0.1, 0.15) is 12.8 Å². The van der Waals surface area contributed by atoms with Gasteiger partial charge in [0, 0.05) is 57.4 Å². The highest BCUT2D eigenvalue weighted by molar-refractivity contribution is 5.90. The van der Waals surface area contributed by atoms with Gasteiger partial charge in [0.2, 0.25) is 5.91 Å². The highest BCUT2D eigenvalue weighted by atomic mass is 35.5. The molecule has 5 nitrogen and oxygen atoms in total. The van der Waals surface area contributed by atoms with Crippen molar-refractivity contribution >= 4 is 24.0 Å². The molecule has 0 bridgehead atoms. The van der Waals surface area contributed by atoms with Crippen LogP contribution in [0.25, 0.3) is 0 Å². The zero-order chi connectivity index (χ0) is 16.1. The first-order valence-electron chi connectivity index (χ1n) is 8.43. The van der Waals surface area contributed by atoms with Gasteiger partial charge in [0.05, 0.1) is 0 Å². The van der Waals surface area contributed by atoms with Gasteiger partial charge in [-0.1, -0.05) is 6.07 Å². The van der Waals surface area contributed by atoms with Crippen LogP contribution in [0.2, 0.25) is 0 Å². The summed E-state index contributed by atoms with van der Waals surface area (Å²) in [4.78, 5) is 16.9. The van der Waals surface area contributed by atoms with Crippen molar-refractivity contribution in [1.82, 2.24) is 15.1 Å². The molecule has 3 rings (SSSR count). The normalized spacial score (nSPS) is 22.1. The summed E-state index contributed by atoms with van der Waals surface area (Å²) in [7, 11) is 0. The molecule has 1 aromatic carbocycles. The second kappa shape index (κ2) is 9.32. The first-order valence-corrected chi connectivity index (χ1v) is 8.43. The van der Waals surface area contributed by atoms with Crippen LogP contribution in [-0.4, -0.2) is 67.6 Å². The molecule has 0 saturated carbocycles. The number of hydrogen-bond donors (Lipinski definition) is 2. The number of benzene rings is 1. The lowest BCUT2D eigenvalue weighted by Gasteiger charge is -2.37. The maximum absolute atomic E-state index is 13.1. The molecule has 2 saturated heterocycles. The lowest BCUT2D eigenvalue weighted by molar-refractivity contribution is -0.116. The van der Waals surface area contributed by atoms with Crippen LogP contribution in [0.3, 0.4) is 0 Å². The molecule has 24 heavy (non-hydrogen) atoms. The van der Waals surface area contributed by atoms with Crippen LogP contribution in [-0.2, 0) is 4.79 Å². The fourth-order valence-corrected chi connectivity index (χ4v) is 3.35. The number of amides is 1. The number of rotatable bonds is 5. The third-order valence-electron chi connectivity index (χ3n) is 4.72. The Morgan fingerprint density at radius 1 is 1.29 bits per heavy atom. The van der Waals surface area contributed by atoms with Gasteiger partial charge in [-0.25, -0.2) is 4.39 Å². The Kier molecular flexibility index (Phi) is 7.42. The second-order valence-electron chi connectivity index (χ2n) is 6.33. The van der Waals surface area contributed by atoms with Gasteiger partial charge >= 0.3 is 0 Å². The first kappa shape index (κ1) is 19.1. The molecule has 7 heteroatoms. The van der Waals surface area contributed by atoms with Crippen molar-refractivity contribution in [1.29, 1.82) is 0 Å². The van der Waals surface area contributed by atoms with Gasteiger partial charge in [-0.3, -0.25) is 9.69 Å². The quantitative estimate of drug-likeness (QED) is 0.840. The van der Waals surface area contributed by atoms with Gasteiger partial charge in [-0.15, -0.1) is 12.4 Å². The van der Waals surface area contributed by atoms with E-state index in [1.807, 2.05) is 0 Å². The van der Waals surface area contributed by atoms with E-state index in [1.165, 1.54) is 18.6 Å². The van der Waals surface area contributed by atoms with Gasteiger partial charge in [0.1, 0.15) is 5.82 Å². The highest BCUT2D eigenvalue weighted by Gasteiger charge is 2.25. The Balaban J connectivity index is 0.00000208. The summed E-state index contributed by atoms with van der Waals surface area (Å²) in [6, 6.07) is 6.70. The number of carbonyl (C=O) groups excluding carboxylic acids is 1. The molecular formula is C17H26ClFN4O. The summed E-state index contributed by atoms with van der Waals surface area (Å²) in [5, 5.41) is 6.16. The molecule has 2 aliphatic heterocycles. The van der Waals surface area contributed by atoms with Crippen molar-refractivity contribution in [3.8, 4) is 0 Å². The standard InChI is InChI=1S/C17H25FN4O.ClH/c18-14-2-1-3-15(12-14)20-17(23)5-7-21-8-10-22(11-9-21)16-4-6-19-13-16;/h1-3,12,16,19H,4-11,13H2,(H,20,23);1H. The van der Waals surface area contributed by atoms with E-state index in [4.69, 9.17) is 0 Å². The van der Waals surface area contributed by atoms with E-state index in [0.29, 0.717) is 18.2 Å². The minimum Gasteiger partial charge on any atom is -0.326 e. The van der Waals surface area contributed by atoms with E-state index < -0.39 is 0 Å². The van der Waals surface area contributed by atoms with E-state index in [0.717, 1.165) is 45.8 Å². The van der Waals surface area contributed by atoms with Crippen molar-refractivity contribution in [3.63, 3.8) is 0 Å². The molecule has 1 amide bonds. The van der Waals surface area contributed by atoms with Crippen LogP contribution in [0.5, 0.6) is 0 Å². The van der Waals surface area contributed by atoms with Crippen LogP contribution in [0.15, 0.2) is 24.3 Å². The van der Waals surface area contributed by atoms with E-state index in [2.05, 4.69) is 20.4 Å². The zero-order valence-electron chi connectivity index (χ0n) is 13.8. The van der Waals surface area contributed by atoms with Gasteiger partial charge in [0.25, 0.3) is 0 Å². The Labute approximate surface area is 149 Å². The number of halogens is 2. The maximum Gasteiger partial charge on any atom is 0.225 e. The van der Waals surface area contributed by atoms with Crippen LogP contribution in [0, 0.1) is 5.82 Å². The molecule has 0 aromatic heterocycles. The highest BCUT2D eigenvalue weighted by Crippen LogP contribution is 2.13. The van der Waals surface area contributed by atoms with Crippen molar-refractivity contribution in [2.24, 2.45) is 0 Å². The van der Waals surface area contributed by atoms with Crippen molar-refractivity contribution in [3.05, 3.63) is 30.1 Å². The third kappa shape index (κ3) is 5.41. The van der Waals surface area contributed by atoms with Crippen LogP contribution in [0.4, 0.5) is 10.1 Å². The summed E-state index contributed by atoms with van der Waals surface area (Å²) in [6.07, 6.45) is 1.69. The molecule has 0 spiro atoms. The summed E-state index contributed by atoms with van der Waals surface area (Å²) in [5.41, 5.74) is 0.522. The number of piperazine rings is 1. The van der Waals surface area contributed by atoms with Crippen LogP contribution >= 0.6 is 12.4 Å². The summed E-state index contributed by atoms with van der Waals surface area (Å²) >= 11 is 0. The lowest BCUT2D eigenvalue weighted by atomic mass is 10.2. The Morgan fingerprint density at radius 3 is 2.75 bits per heavy atom. The minimum absolute atomic E-state index is 0. The minimum atomic E-state index is -0.333. The summed E-state index contributed by atoms with van der Waals surface area (Å²) in [5.74, 6) is -0.390. The molecular weight excluding hydrogens is 331 g/mol. The largest absolute Gasteiger partial charge is 0.326 e. The Bertz CT molecular complexity index is 531. The Morgan fingerprint density at radius 2 is 2.08 bits per heavy atom. The summed E-state index contributed by atoms with van der Waals surface area (Å²) in [6.45, 7) is 7.20. The molecule has 1 aromatic rings. The molecule has 1 unspecified atom stereocenters. The van der Waals surface area contributed by atoms with Crippen molar-refractivity contribution < 1.29 is 9.18 Å². The van der Waals surface area contributed by atoms with E-state index >= 15 is 0 Å². The predicted molar refractivity (Wildman–Crippen MR) is 96.2 cm³/mol. The molecule has 2 heterocycles. The smallest absolute Gasteiger partial charge is 0.225 e. The van der Waals surface area contributed by atoms with Crippen molar-refractivity contribution in [2.75, 3.05) is 51.1 Å². The molecule has 2 aliphatic rings. The molecule has 2 N–H and O–H groups in total. The molecule has 134 valence electrons. The Hall–Kier alpha value is -1.21. The van der Waals surface area contributed by atoms with E-state index in [-0.39, 0.29) is 24.1 Å². The topological polar surface area (TPSA) is 47.6 Å². The predicted octanol–water partition coefficient (Wildman–Crippen LogP) is 1.56. The number of carbonyl (C=O) groups is 1. The number of hydrogen-bond acceptors (Lipinski definition) is 4. The monoisotopic (exact) mass is 356 g/mol. The molecule has 0 aliphatic carbocycles.